The zero-order valence-corrected chi connectivity index (χ0v) is 13.0. The van der Waals surface area contributed by atoms with Gasteiger partial charge in [-0.2, -0.15) is 18.4 Å². The molecule has 0 amide bonds. The van der Waals surface area contributed by atoms with Gasteiger partial charge in [0.05, 0.1) is 11.8 Å². The molecule has 0 atom stereocenters. The molecule has 0 unspecified atom stereocenters. The molecular formula is C15H19F3N4. The lowest BCUT2D eigenvalue weighted by molar-refractivity contribution is -0.0587. The fourth-order valence-corrected chi connectivity index (χ4v) is 1.72. The molecule has 0 aromatic carbocycles. The maximum Gasteiger partial charge on any atom is 0.433 e. The maximum absolute atomic E-state index is 12.8. The van der Waals surface area contributed by atoms with Crippen LogP contribution in [0.15, 0.2) is 40.1 Å². The highest BCUT2D eigenvalue weighted by Crippen LogP contribution is 2.23. The maximum atomic E-state index is 12.8. The number of nitrogens with zero attached hydrogens (tertiary/aromatic N) is 2. The van der Waals surface area contributed by atoms with Crippen LogP contribution in [0.1, 0.15) is 20.3 Å². The highest BCUT2D eigenvalue weighted by Gasteiger charge is 2.38. The summed E-state index contributed by atoms with van der Waals surface area (Å²) in [4.78, 5) is 3.85. The number of nitrogens with one attached hydrogen (secondary N) is 2. The minimum Gasteiger partial charge on any atom is -0.393 e. The fraction of sp³-hybridized carbons (Fsp3) is 0.400. The lowest BCUT2D eigenvalue weighted by Crippen LogP contribution is -2.29. The van der Waals surface area contributed by atoms with Crippen molar-refractivity contribution in [2.45, 2.75) is 26.4 Å². The summed E-state index contributed by atoms with van der Waals surface area (Å²) in [6.07, 6.45) is 0.0382. The Morgan fingerprint density at radius 2 is 2.00 bits per heavy atom. The van der Waals surface area contributed by atoms with E-state index < -0.39 is 11.9 Å². The first kappa shape index (κ1) is 19.6. The van der Waals surface area contributed by atoms with Crippen LogP contribution >= 0.6 is 0 Å². The largest absolute Gasteiger partial charge is 0.433 e. The Morgan fingerprint density at radius 1 is 1.41 bits per heavy atom. The minimum absolute atomic E-state index is 0.00827. The molecule has 0 aliphatic rings. The molecule has 22 heavy (non-hydrogen) atoms. The summed E-state index contributed by atoms with van der Waals surface area (Å²) in [6.45, 7) is 3.40. The molecule has 0 aromatic rings. The zero-order valence-electron chi connectivity index (χ0n) is 13.0. The Hall–Kier alpha value is -2.36. The van der Waals surface area contributed by atoms with Gasteiger partial charge in [-0.15, -0.1) is 0 Å². The van der Waals surface area contributed by atoms with E-state index in [1.54, 1.807) is 13.0 Å². The Balaban J connectivity index is 5.89. The van der Waals surface area contributed by atoms with Crippen molar-refractivity contribution in [1.82, 2.24) is 5.32 Å². The highest BCUT2D eigenvalue weighted by molar-refractivity contribution is 6.30. The zero-order chi connectivity index (χ0) is 17.3. The molecule has 0 aliphatic heterocycles. The van der Waals surface area contributed by atoms with Crippen molar-refractivity contribution in [1.29, 1.82) is 10.7 Å². The van der Waals surface area contributed by atoms with Gasteiger partial charge >= 0.3 is 6.18 Å². The molecule has 7 heteroatoms. The Labute approximate surface area is 128 Å². The quantitative estimate of drug-likeness (QED) is 0.447. The Kier molecular flexibility index (Phi) is 7.88. The summed E-state index contributed by atoms with van der Waals surface area (Å²) in [7, 11) is 2.78. The molecule has 0 aromatic heterocycles. The van der Waals surface area contributed by atoms with Crippen LogP contribution in [0.25, 0.3) is 0 Å². The molecule has 0 aliphatic carbocycles. The van der Waals surface area contributed by atoms with E-state index in [9.17, 15) is 13.2 Å². The molecule has 0 saturated heterocycles. The molecular weight excluding hydrogens is 293 g/mol. The SMILES string of the molecule is CC/C=C(C#N)/C=C(C)\C(=N/C)C(=C\NC)\C(=N)C(F)(F)F. The second-order valence-electron chi connectivity index (χ2n) is 4.30. The van der Waals surface area contributed by atoms with Crippen LogP contribution in [0, 0.1) is 16.7 Å². The van der Waals surface area contributed by atoms with Crippen LogP contribution in [0.4, 0.5) is 13.2 Å². The van der Waals surface area contributed by atoms with E-state index in [1.807, 2.05) is 13.0 Å². The first-order chi connectivity index (χ1) is 10.2. The van der Waals surface area contributed by atoms with Gasteiger partial charge in [-0.1, -0.05) is 13.0 Å². The van der Waals surface area contributed by atoms with E-state index in [0.29, 0.717) is 17.6 Å². The van der Waals surface area contributed by atoms with Gasteiger partial charge in [0, 0.05) is 31.4 Å². The lowest BCUT2D eigenvalue weighted by Gasteiger charge is -2.15. The topological polar surface area (TPSA) is 72.0 Å². The molecule has 2 N–H and O–H groups in total. The summed E-state index contributed by atoms with van der Waals surface area (Å²) in [5.41, 5.74) is -1.15. The summed E-state index contributed by atoms with van der Waals surface area (Å²) >= 11 is 0. The number of nitriles is 1. The number of hydrogen-bond acceptors (Lipinski definition) is 4. The van der Waals surface area contributed by atoms with E-state index in [1.165, 1.54) is 20.2 Å². The van der Waals surface area contributed by atoms with Crippen LogP contribution in [-0.2, 0) is 0 Å². The number of allylic oxidation sites excluding steroid dienone is 5. The average Bonchev–Trinajstić information content (AvgIpc) is 2.44. The molecule has 4 nitrogen and oxygen atoms in total. The second-order valence-corrected chi connectivity index (χ2v) is 4.30. The molecule has 0 fully saturated rings. The molecule has 0 rings (SSSR count). The highest BCUT2D eigenvalue weighted by atomic mass is 19.4. The number of rotatable bonds is 6. The van der Waals surface area contributed by atoms with Crippen LogP contribution in [0.5, 0.6) is 0 Å². The smallest absolute Gasteiger partial charge is 0.393 e. The van der Waals surface area contributed by atoms with Gasteiger partial charge in [-0.05, 0) is 25.0 Å². The predicted octanol–water partition coefficient (Wildman–Crippen LogP) is 3.55. The van der Waals surface area contributed by atoms with Gasteiger partial charge < -0.3 is 5.32 Å². The number of hydrogen-bond donors (Lipinski definition) is 2. The number of aliphatic imine (C=N–C) groups is 1. The van der Waals surface area contributed by atoms with Crippen LogP contribution in [0.3, 0.4) is 0 Å². The van der Waals surface area contributed by atoms with Crippen LogP contribution < -0.4 is 5.32 Å². The molecule has 0 bridgehead atoms. The van der Waals surface area contributed by atoms with E-state index in [-0.39, 0.29) is 11.3 Å². The van der Waals surface area contributed by atoms with Gasteiger partial charge in [-0.3, -0.25) is 10.4 Å². The molecule has 0 spiro atoms. The van der Waals surface area contributed by atoms with Crippen molar-refractivity contribution < 1.29 is 13.2 Å². The first-order valence-electron chi connectivity index (χ1n) is 6.52. The van der Waals surface area contributed by atoms with Gasteiger partial charge in [0.25, 0.3) is 0 Å². The normalized spacial score (nSPS) is 14.6. The third-order valence-corrected chi connectivity index (χ3v) is 2.62. The van der Waals surface area contributed by atoms with Crippen LogP contribution in [-0.4, -0.2) is 31.7 Å². The van der Waals surface area contributed by atoms with Crippen molar-refractivity contribution in [3.05, 3.63) is 35.1 Å². The third-order valence-electron chi connectivity index (χ3n) is 2.62. The van der Waals surface area contributed by atoms with Gasteiger partial charge in [0.2, 0.25) is 0 Å². The lowest BCUT2D eigenvalue weighted by atomic mass is 9.98. The molecule has 0 saturated carbocycles. The summed E-state index contributed by atoms with van der Waals surface area (Å²) in [5, 5.41) is 18.8. The van der Waals surface area contributed by atoms with E-state index in [2.05, 4.69) is 10.3 Å². The predicted molar refractivity (Wildman–Crippen MR) is 82.0 cm³/mol. The minimum atomic E-state index is -4.78. The molecule has 120 valence electrons. The Bertz CT molecular complexity index is 573. The van der Waals surface area contributed by atoms with Gasteiger partial charge in [0.1, 0.15) is 5.71 Å². The van der Waals surface area contributed by atoms with Gasteiger partial charge in [-0.25, -0.2) is 0 Å². The van der Waals surface area contributed by atoms with Crippen molar-refractivity contribution in [3.8, 4) is 6.07 Å². The summed E-state index contributed by atoms with van der Waals surface area (Å²) in [5.74, 6) is 0. The Morgan fingerprint density at radius 3 is 2.36 bits per heavy atom. The van der Waals surface area contributed by atoms with E-state index >= 15 is 0 Å². The number of halogens is 3. The number of alkyl halides is 3. The van der Waals surface area contributed by atoms with Crippen molar-refractivity contribution >= 4 is 11.4 Å². The standard InChI is InChI=1S/C15H19F3N4/c1-5-6-11(8-19)7-10(2)13(22-4)12(9-21-3)14(20)15(16,17)18/h6-7,9,20-21H,5H2,1-4H3/b10-7-,11-6-,12-9-,20-14?,22-13+. The molecule has 0 radical (unpaired) electrons. The van der Waals surface area contributed by atoms with Crippen molar-refractivity contribution in [2.24, 2.45) is 4.99 Å². The third kappa shape index (κ3) is 5.56. The van der Waals surface area contributed by atoms with E-state index in [4.69, 9.17) is 10.7 Å². The fourth-order valence-electron chi connectivity index (χ4n) is 1.72. The monoisotopic (exact) mass is 312 g/mol. The van der Waals surface area contributed by atoms with Gasteiger partial charge in [0.15, 0.2) is 0 Å². The second kappa shape index (κ2) is 8.82. The molecule has 0 heterocycles. The summed E-state index contributed by atoms with van der Waals surface area (Å²) in [6, 6.07) is 1.96. The first-order valence-corrected chi connectivity index (χ1v) is 6.52. The van der Waals surface area contributed by atoms with Crippen LogP contribution in [0.2, 0.25) is 0 Å². The van der Waals surface area contributed by atoms with E-state index in [0.717, 1.165) is 6.20 Å². The summed E-state index contributed by atoms with van der Waals surface area (Å²) < 4.78 is 38.4. The van der Waals surface area contributed by atoms with Crippen molar-refractivity contribution in [3.63, 3.8) is 0 Å². The average molecular weight is 312 g/mol. The van der Waals surface area contributed by atoms with Crippen molar-refractivity contribution in [2.75, 3.05) is 14.1 Å².